The molecule has 0 saturated carbocycles. The molecular weight excluding hydrogens is 487 g/mol. The second-order valence-corrected chi connectivity index (χ2v) is 8.24. The molecule has 3 rings (SSSR count). The van der Waals surface area contributed by atoms with Crippen LogP contribution in [0.15, 0.2) is 59.8 Å². The number of hydrogen-bond donors (Lipinski definition) is 2. The molecule has 0 radical (unpaired) electrons. The molecule has 0 fully saturated rings. The van der Waals surface area contributed by atoms with E-state index in [1.165, 1.54) is 44.3 Å². The summed E-state index contributed by atoms with van der Waals surface area (Å²) in [6, 6.07) is 14.0. The van der Waals surface area contributed by atoms with Gasteiger partial charge in [-0.25, -0.2) is 0 Å². The zero-order valence-corrected chi connectivity index (χ0v) is 19.9. The molecule has 0 spiro atoms. The van der Waals surface area contributed by atoms with Gasteiger partial charge in [0.15, 0.2) is 0 Å². The number of nitrogens with zero attached hydrogens (tertiary/aromatic N) is 3. The van der Waals surface area contributed by atoms with Gasteiger partial charge in [-0.05, 0) is 42.8 Å². The van der Waals surface area contributed by atoms with Crippen molar-refractivity contribution in [2.75, 3.05) is 18.5 Å². The molecule has 0 bridgehead atoms. The number of halogens is 3. The number of carbonyl (C=O) groups excluding carboxylic acids is 3. The molecule has 0 aromatic heterocycles. The van der Waals surface area contributed by atoms with Gasteiger partial charge in [0, 0.05) is 37.3 Å². The maximum absolute atomic E-state index is 13.8. The van der Waals surface area contributed by atoms with Crippen LogP contribution in [0.4, 0.5) is 18.9 Å². The van der Waals surface area contributed by atoms with E-state index in [1.54, 1.807) is 0 Å². The Morgan fingerprint density at radius 2 is 1.76 bits per heavy atom. The van der Waals surface area contributed by atoms with Crippen LogP contribution in [-0.4, -0.2) is 31.3 Å². The highest BCUT2D eigenvalue weighted by Crippen LogP contribution is 2.43. The van der Waals surface area contributed by atoms with Crippen LogP contribution in [0.3, 0.4) is 0 Å². The van der Waals surface area contributed by atoms with Crippen LogP contribution < -0.4 is 15.5 Å². The van der Waals surface area contributed by atoms with Crippen LogP contribution in [0.5, 0.6) is 0 Å². The van der Waals surface area contributed by atoms with Gasteiger partial charge in [0.1, 0.15) is 5.92 Å². The van der Waals surface area contributed by atoms with Crippen molar-refractivity contribution in [1.82, 2.24) is 10.6 Å². The fourth-order valence-electron chi connectivity index (χ4n) is 4.17. The summed E-state index contributed by atoms with van der Waals surface area (Å²) in [6.07, 6.45) is -4.74. The lowest BCUT2D eigenvalue weighted by molar-refractivity contribution is -0.138. The number of nitrogens with one attached hydrogen (secondary N) is 2. The van der Waals surface area contributed by atoms with E-state index in [4.69, 9.17) is 5.26 Å². The summed E-state index contributed by atoms with van der Waals surface area (Å²) < 4.78 is 40.1. The van der Waals surface area contributed by atoms with Crippen molar-refractivity contribution in [2.45, 2.75) is 25.4 Å². The number of allylic oxidation sites excluding steroid dienone is 2. The first-order valence-corrected chi connectivity index (χ1v) is 11.1. The van der Waals surface area contributed by atoms with Crippen LogP contribution in [-0.2, 0) is 20.6 Å². The van der Waals surface area contributed by atoms with Crippen molar-refractivity contribution in [2.24, 2.45) is 5.92 Å². The molecule has 1 aliphatic rings. The summed E-state index contributed by atoms with van der Waals surface area (Å²) in [6.45, 7) is 1.32. The zero-order valence-electron chi connectivity index (χ0n) is 19.9. The lowest BCUT2D eigenvalue weighted by atomic mass is 9.75. The van der Waals surface area contributed by atoms with E-state index in [0.29, 0.717) is 11.1 Å². The molecule has 2 aromatic carbocycles. The third-order valence-electron chi connectivity index (χ3n) is 6.02. The van der Waals surface area contributed by atoms with Gasteiger partial charge < -0.3 is 10.6 Å². The molecule has 0 aliphatic carbocycles. The monoisotopic (exact) mass is 509 g/mol. The van der Waals surface area contributed by atoms with Gasteiger partial charge in [0.2, 0.25) is 17.7 Å². The molecule has 190 valence electrons. The minimum Gasteiger partial charge on any atom is -0.359 e. The second kappa shape index (κ2) is 11.0. The third-order valence-corrected chi connectivity index (χ3v) is 6.02. The molecule has 2 aromatic rings. The van der Waals surface area contributed by atoms with Gasteiger partial charge in [0.25, 0.3) is 0 Å². The average Bonchev–Trinajstić information content (AvgIpc) is 2.88. The summed E-state index contributed by atoms with van der Waals surface area (Å²) >= 11 is 0. The zero-order chi connectivity index (χ0) is 27.3. The predicted molar refractivity (Wildman–Crippen MR) is 126 cm³/mol. The molecule has 8 nitrogen and oxygen atoms in total. The smallest absolute Gasteiger partial charge is 0.359 e. The van der Waals surface area contributed by atoms with Crippen molar-refractivity contribution in [3.8, 4) is 12.1 Å². The van der Waals surface area contributed by atoms with E-state index in [2.05, 4.69) is 10.6 Å². The summed E-state index contributed by atoms with van der Waals surface area (Å²) in [5.74, 6) is -4.56. The first kappa shape index (κ1) is 27.0. The summed E-state index contributed by atoms with van der Waals surface area (Å²) in [4.78, 5) is 39.6. The number of rotatable bonds is 6. The largest absolute Gasteiger partial charge is 0.416 e. The number of nitriles is 2. The molecule has 2 N–H and O–H groups in total. The Labute approximate surface area is 211 Å². The summed E-state index contributed by atoms with van der Waals surface area (Å²) in [5.41, 5.74) is -0.333. The van der Waals surface area contributed by atoms with Gasteiger partial charge in [-0.2, -0.15) is 23.7 Å². The minimum atomic E-state index is -4.67. The lowest BCUT2D eigenvalue weighted by Gasteiger charge is -2.38. The van der Waals surface area contributed by atoms with Gasteiger partial charge in [-0.3, -0.25) is 19.3 Å². The Bertz CT molecular complexity index is 1340. The Balaban J connectivity index is 2.15. The van der Waals surface area contributed by atoms with E-state index >= 15 is 0 Å². The molecule has 2 unspecified atom stereocenters. The van der Waals surface area contributed by atoms with E-state index in [9.17, 15) is 32.8 Å². The standard InChI is InChI=1S/C26H22F3N5O3/c1-15-20(14-31)22(17-8-6-16(13-30)7-9-17)23(24(36)33-11-10-21(35)32-2)25(37)34(15)19-5-3-4-18(12-19)26(27,28)29/h3-9,12,22-23H,10-11H2,1-2H3,(H,32,35)(H,33,36). The fraction of sp³-hybridized carbons (Fsp3) is 0.269. The van der Waals surface area contributed by atoms with Gasteiger partial charge >= 0.3 is 6.18 Å². The average molecular weight is 509 g/mol. The van der Waals surface area contributed by atoms with Crippen molar-refractivity contribution in [1.29, 1.82) is 10.5 Å². The molecular formula is C26H22F3N5O3. The van der Waals surface area contributed by atoms with Crippen LogP contribution in [0, 0.1) is 28.6 Å². The maximum Gasteiger partial charge on any atom is 0.416 e. The summed E-state index contributed by atoms with van der Waals surface area (Å²) in [5, 5.41) is 24.1. The lowest BCUT2D eigenvalue weighted by Crippen LogP contribution is -2.50. The Hall–Kier alpha value is -4.64. The summed E-state index contributed by atoms with van der Waals surface area (Å²) in [7, 11) is 1.43. The number of amides is 3. The molecule has 0 saturated heterocycles. The molecule has 11 heteroatoms. The highest BCUT2D eigenvalue weighted by molar-refractivity contribution is 6.12. The fourth-order valence-corrected chi connectivity index (χ4v) is 4.17. The molecule has 1 heterocycles. The highest BCUT2D eigenvalue weighted by Gasteiger charge is 2.46. The highest BCUT2D eigenvalue weighted by atomic mass is 19.4. The first-order chi connectivity index (χ1) is 17.5. The normalized spacial score (nSPS) is 17.6. The van der Waals surface area contributed by atoms with Gasteiger partial charge in [0.05, 0.1) is 28.8 Å². The van der Waals surface area contributed by atoms with Crippen LogP contribution in [0.1, 0.15) is 36.0 Å². The number of anilines is 1. The Morgan fingerprint density at radius 1 is 1.08 bits per heavy atom. The number of benzene rings is 2. The van der Waals surface area contributed by atoms with Gasteiger partial charge in [-0.15, -0.1) is 0 Å². The Morgan fingerprint density at radius 3 is 2.32 bits per heavy atom. The maximum atomic E-state index is 13.8. The van der Waals surface area contributed by atoms with E-state index < -0.39 is 35.4 Å². The van der Waals surface area contributed by atoms with Gasteiger partial charge in [-0.1, -0.05) is 18.2 Å². The number of alkyl halides is 3. The molecule has 3 amide bonds. The number of hydrogen-bond acceptors (Lipinski definition) is 5. The predicted octanol–water partition coefficient (Wildman–Crippen LogP) is 3.37. The van der Waals surface area contributed by atoms with Crippen molar-refractivity contribution in [3.63, 3.8) is 0 Å². The Kier molecular flexibility index (Phi) is 7.98. The second-order valence-electron chi connectivity index (χ2n) is 8.24. The minimum absolute atomic E-state index is 0.00757. The van der Waals surface area contributed by atoms with E-state index in [-0.39, 0.29) is 35.8 Å². The van der Waals surface area contributed by atoms with Crippen molar-refractivity contribution < 1.29 is 27.6 Å². The van der Waals surface area contributed by atoms with Crippen LogP contribution >= 0.6 is 0 Å². The molecule has 37 heavy (non-hydrogen) atoms. The van der Waals surface area contributed by atoms with Crippen LogP contribution in [0.2, 0.25) is 0 Å². The molecule has 1 aliphatic heterocycles. The van der Waals surface area contributed by atoms with Crippen LogP contribution in [0.25, 0.3) is 0 Å². The number of carbonyl (C=O) groups is 3. The van der Waals surface area contributed by atoms with E-state index in [0.717, 1.165) is 23.1 Å². The van der Waals surface area contributed by atoms with Crippen molar-refractivity contribution in [3.05, 3.63) is 76.5 Å². The topological polar surface area (TPSA) is 126 Å². The van der Waals surface area contributed by atoms with E-state index in [1.807, 2.05) is 12.1 Å². The quantitative estimate of drug-likeness (QED) is 0.578. The van der Waals surface area contributed by atoms with Crippen molar-refractivity contribution >= 4 is 23.4 Å². The first-order valence-electron chi connectivity index (χ1n) is 11.1. The molecule has 2 atom stereocenters. The third kappa shape index (κ3) is 5.62. The SMILES string of the molecule is CNC(=O)CCNC(=O)C1C(=O)N(c2cccc(C(F)(F)F)c2)C(C)=C(C#N)C1c1ccc(C#N)cc1.